The molecule has 1 heterocycles. The third kappa shape index (κ3) is 3.71. The van der Waals surface area contributed by atoms with E-state index < -0.39 is 0 Å². The van der Waals surface area contributed by atoms with Crippen molar-refractivity contribution in [2.75, 3.05) is 30.8 Å². The summed E-state index contributed by atoms with van der Waals surface area (Å²) < 4.78 is 5.38. The van der Waals surface area contributed by atoms with E-state index >= 15 is 0 Å². The van der Waals surface area contributed by atoms with Crippen molar-refractivity contribution in [3.63, 3.8) is 0 Å². The van der Waals surface area contributed by atoms with Gasteiger partial charge in [-0.05, 0) is 43.5 Å². The van der Waals surface area contributed by atoms with Gasteiger partial charge in [-0.3, -0.25) is 4.79 Å². The molecule has 3 rings (SSSR count). The number of nitrogens with two attached hydrogens (primary N) is 1. The molecule has 1 aliphatic rings. The number of carbonyl (C=O) groups is 1. The van der Waals surface area contributed by atoms with Crippen molar-refractivity contribution < 1.29 is 9.53 Å². The summed E-state index contributed by atoms with van der Waals surface area (Å²) >= 11 is 0. The van der Waals surface area contributed by atoms with Crippen LogP contribution in [0.2, 0.25) is 0 Å². The van der Waals surface area contributed by atoms with Crippen molar-refractivity contribution in [1.29, 1.82) is 0 Å². The van der Waals surface area contributed by atoms with Crippen LogP contribution in [0.25, 0.3) is 0 Å². The van der Waals surface area contributed by atoms with E-state index in [2.05, 4.69) is 10.2 Å². The Morgan fingerprint density at radius 3 is 2.88 bits per heavy atom. The first kappa shape index (κ1) is 17.1. The average Bonchev–Trinajstić information content (AvgIpc) is 2.62. The molecule has 0 aromatic heterocycles. The predicted molar refractivity (Wildman–Crippen MR) is 101 cm³/mol. The Labute approximate surface area is 148 Å². The number of methoxy groups -OCH3 is 1. The van der Waals surface area contributed by atoms with Gasteiger partial charge in [-0.15, -0.1) is 0 Å². The Balaban J connectivity index is 1.69. The number of nitrogen functional groups attached to an aromatic ring is 1. The molecule has 0 fully saturated rings. The second kappa shape index (κ2) is 7.47. The first-order chi connectivity index (χ1) is 12.1. The molecule has 0 radical (unpaired) electrons. The second-order valence-corrected chi connectivity index (χ2v) is 6.40. The summed E-state index contributed by atoms with van der Waals surface area (Å²) in [6.45, 7) is 3.17. The summed E-state index contributed by atoms with van der Waals surface area (Å²) in [6.07, 6.45) is 1.98. The number of ether oxygens (including phenoxy) is 1. The topological polar surface area (TPSA) is 67.6 Å². The number of benzene rings is 2. The number of para-hydroxylation sites is 1. The number of hydrogen-bond donors (Lipinski definition) is 2. The van der Waals surface area contributed by atoms with Crippen molar-refractivity contribution in [3.8, 4) is 5.75 Å². The minimum absolute atomic E-state index is 0.00585. The molecule has 1 amide bonds. The Morgan fingerprint density at radius 2 is 2.08 bits per heavy atom. The maximum atomic E-state index is 12.6. The number of carbonyl (C=O) groups excluding carboxylic acids is 1. The fourth-order valence-electron chi connectivity index (χ4n) is 3.45. The highest BCUT2D eigenvalue weighted by Crippen LogP contribution is 2.31. The number of fused-ring (bicyclic) bond motifs is 1. The Hall–Kier alpha value is -2.69. The van der Waals surface area contributed by atoms with Gasteiger partial charge in [-0.2, -0.15) is 0 Å². The van der Waals surface area contributed by atoms with Crippen LogP contribution < -0.4 is 20.7 Å². The second-order valence-electron chi connectivity index (χ2n) is 6.40. The van der Waals surface area contributed by atoms with E-state index in [9.17, 15) is 4.79 Å². The molecule has 2 aromatic rings. The number of amides is 1. The number of nitrogens with one attached hydrogen (secondary N) is 1. The summed E-state index contributed by atoms with van der Waals surface area (Å²) in [6, 6.07) is 13.5. The third-order valence-electron chi connectivity index (χ3n) is 4.70. The van der Waals surface area contributed by atoms with E-state index in [0.717, 1.165) is 47.6 Å². The van der Waals surface area contributed by atoms with E-state index in [-0.39, 0.29) is 11.9 Å². The summed E-state index contributed by atoms with van der Waals surface area (Å²) in [7, 11) is 1.64. The van der Waals surface area contributed by atoms with Crippen LogP contribution in [0, 0.1) is 0 Å². The monoisotopic (exact) mass is 339 g/mol. The molecule has 1 unspecified atom stereocenters. The standard InChI is InChI=1S/C20H25N3O2/c1-14(15-7-3-4-11-19(15)25-2)22-20(24)13-23-12-6-8-16-17(21)9-5-10-18(16)23/h3-5,7,9-11,14H,6,8,12-13,21H2,1-2H3,(H,22,24). The van der Waals surface area contributed by atoms with Gasteiger partial charge >= 0.3 is 0 Å². The smallest absolute Gasteiger partial charge is 0.239 e. The zero-order valence-electron chi connectivity index (χ0n) is 14.8. The highest BCUT2D eigenvalue weighted by Gasteiger charge is 2.21. The summed E-state index contributed by atoms with van der Waals surface area (Å²) in [5.74, 6) is 0.778. The summed E-state index contributed by atoms with van der Waals surface area (Å²) in [4.78, 5) is 14.7. The lowest BCUT2D eigenvalue weighted by Gasteiger charge is -2.32. The van der Waals surface area contributed by atoms with Crippen LogP contribution in [0.1, 0.15) is 30.5 Å². The van der Waals surface area contributed by atoms with E-state index in [0.29, 0.717) is 6.54 Å². The predicted octanol–water partition coefficient (Wildman–Crippen LogP) is 2.91. The fourth-order valence-corrected chi connectivity index (χ4v) is 3.45. The van der Waals surface area contributed by atoms with Gasteiger partial charge < -0.3 is 20.7 Å². The van der Waals surface area contributed by atoms with Gasteiger partial charge in [0.25, 0.3) is 0 Å². The van der Waals surface area contributed by atoms with Crippen molar-refractivity contribution in [2.24, 2.45) is 0 Å². The van der Waals surface area contributed by atoms with Crippen molar-refractivity contribution in [2.45, 2.75) is 25.8 Å². The molecular formula is C20H25N3O2. The van der Waals surface area contributed by atoms with E-state index in [1.807, 2.05) is 49.4 Å². The minimum Gasteiger partial charge on any atom is -0.496 e. The molecule has 5 heteroatoms. The van der Waals surface area contributed by atoms with E-state index in [4.69, 9.17) is 10.5 Å². The normalized spacial score (nSPS) is 14.6. The van der Waals surface area contributed by atoms with Crippen LogP contribution in [0.3, 0.4) is 0 Å². The van der Waals surface area contributed by atoms with Gasteiger partial charge in [0.15, 0.2) is 0 Å². The molecule has 5 nitrogen and oxygen atoms in total. The molecule has 0 bridgehead atoms. The molecule has 1 aliphatic heterocycles. The van der Waals surface area contributed by atoms with Crippen LogP contribution in [0.5, 0.6) is 5.75 Å². The highest BCUT2D eigenvalue weighted by atomic mass is 16.5. The number of rotatable bonds is 5. The summed E-state index contributed by atoms with van der Waals surface area (Å²) in [5, 5.41) is 3.07. The number of hydrogen-bond acceptors (Lipinski definition) is 4. The molecule has 2 aromatic carbocycles. The van der Waals surface area contributed by atoms with Crippen LogP contribution in [-0.2, 0) is 11.2 Å². The van der Waals surface area contributed by atoms with Crippen molar-refractivity contribution in [1.82, 2.24) is 5.32 Å². The first-order valence-electron chi connectivity index (χ1n) is 8.64. The lowest BCUT2D eigenvalue weighted by molar-refractivity contribution is -0.120. The molecule has 0 saturated carbocycles. The summed E-state index contributed by atoms with van der Waals surface area (Å²) in [5.41, 5.74) is 10.1. The molecule has 132 valence electrons. The Morgan fingerprint density at radius 1 is 1.28 bits per heavy atom. The number of anilines is 2. The van der Waals surface area contributed by atoms with Crippen molar-refractivity contribution >= 4 is 17.3 Å². The van der Waals surface area contributed by atoms with Crippen LogP contribution in [0.4, 0.5) is 11.4 Å². The maximum absolute atomic E-state index is 12.6. The molecule has 0 saturated heterocycles. The molecule has 3 N–H and O–H groups in total. The highest BCUT2D eigenvalue weighted by molar-refractivity contribution is 5.83. The molecule has 0 spiro atoms. The molecular weight excluding hydrogens is 314 g/mol. The Bertz CT molecular complexity index is 760. The van der Waals surface area contributed by atoms with Gasteiger partial charge in [0.05, 0.1) is 19.7 Å². The van der Waals surface area contributed by atoms with Crippen LogP contribution in [0.15, 0.2) is 42.5 Å². The van der Waals surface area contributed by atoms with Crippen molar-refractivity contribution in [3.05, 3.63) is 53.6 Å². The molecule has 1 atom stereocenters. The lowest BCUT2D eigenvalue weighted by atomic mass is 10.00. The first-order valence-corrected chi connectivity index (χ1v) is 8.64. The van der Waals surface area contributed by atoms with Gasteiger partial charge in [-0.25, -0.2) is 0 Å². The average molecular weight is 339 g/mol. The lowest BCUT2D eigenvalue weighted by Crippen LogP contribution is -2.40. The largest absolute Gasteiger partial charge is 0.496 e. The van der Waals surface area contributed by atoms with Crippen LogP contribution in [-0.4, -0.2) is 26.1 Å². The quantitative estimate of drug-likeness (QED) is 0.822. The van der Waals surface area contributed by atoms with E-state index in [1.165, 1.54) is 0 Å². The third-order valence-corrected chi connectivity index (χ3v) is 4.70. The zero-order valence-corrected chi connectivity index (χ0v) is 14.8. The van der Waals surface area contributed by atoms with Crippen LogP contribution >= 0.6 is 0 Å². The van der Waals surface area contributed by atoms with Gasteiger partial charge in [0.2, 0.25) is 5.91 Å². The van der Waals surface area contributed by atoms with Gasteiger partial charge in [0.1, 0.15) is 5.75 Å². The molecule has 25 heavy (non-hydrogen) atoms. The minimum atomic E-state index is -0.117. The number of nitrogens with zero attached hydrogens (tertiary/aromatic N) is 1. The SMILES string of the molecule is COc1ccccc1C(C)NC(=O)CN1CCCc2c(N)cccc21. The maximum Gasteiger partial charge on any atom is 0.239 e. The molecule has 0 aliphatic carbocycles. The Kier molecular flexibility index (Phi) is 5.12. The zero-order chi connectivity index (χ0) is 17.8. The van der Waals surface area contributed by atoms with Gasteiger partial charge in [-0.1, -0.05) is 24.3 Å². The fraction of sp³-hybridized carbons (Fsp3) is 0.350. The van der Waals surface area contributed by atoms with E-state index in [1.54, 1.807) is 7.11 Å². The van der Waals surface area contributed by atoms with Gasteiger partial charge in [0, 0.05) is 23.5 Å².